The van der Waals surface area contributed by atoms with E-state index in [0.717, 1.165) is 5.52 Å². The summed E-state index contributed by atoms with van der Waals surface area (Å²) in [7, 11) is 0. The van der Waals surface area contributed by atoms with E-state index in [1.54, 1.807) is 18.5 Å². The van der Waals surface area contributed by atoms with Crippen molar-refractivity contribution in [3.05, 3.63) is 61.1 Å². The van der Waals surface area contributed by atoms with Crippen LogP contribution in [0.25, 0.3) is 10.9 Å². The Kier molecular flexibility index (Phi) is 3.50. The lowest BCUT2D eigenvalue weighted by Gasteiger charge is -1.91. The van der Waals surface area contributed by atoms with Crippen molar-refractivity contribution in [2.75, 3.05) is 0 Å². The Hall–Kier alpha value is -2.36. The van der Waals surface area contributed by atoms with Gasteiger partial charge in [0, 0.05) is 11.6 Å². The first-order chi connectivity index (χ1) is 7.97. The molecule has 0 saturated carbocycles. The minimum atomic E-state index is 1.06. The van der Waals surface area contributed by atoms with Crippen molar-refractivity contribution in [3.63, 3.8) is 0 Å². The van der Waals surface area contributed by atoms with Gasteiger partial charge in [-0.3, -0.25) is 4.98 Å². The Bertz CT molecular complexity index is 447. The van der Waals surface area contributed by atoms with Crippen LogP contribution < -0.4 is 0 Å². The van der Waals surface area contributed by atoms with Crippen molar-refractivity contribution < 1.29 is 0 Å². The highest BCUT2D eigenvalue weighted by Crippen LogP contribution is 2.07. The van der Waals surface area contributed by atoms with Crippen LogP contribution in [0.5, 0.6) is 0 Å². The molecule has 0 radical (unpaired) electrons. The first-order valence-corrected chi connectivity index (χ1v) is 4.85. The second-order valence-corrected chi connectivity index (χ2v) is 3.01. The number of hydrogen-bond donors (Lipinski definition) is 0. The van der Waals surface area contributed by atoms with Gasteiger partial charge < -0.3 is 0 Å². The Morgan fingerprint density at radius 1 is 0.688 bits per heavy atom. The third-order valence-corrected chi connectivity index (χ3v) is 1.92. The largest absolute Gasteiger partial charge is 0.256 e. The Morgan fingerprint density at radius 2 is 1.44 bits per heavy atom. The number of pyridine rings is 1. The zero-order valence-corrected chi connectivity index (χ0v) is 8.56. The number of benzene rings is 1. The number of rotatable bonds is 0. The Balaban J connectivity index is 0.000000138. The van der Waals surface area contributed by atoms with Gasteiger partial charge in [0.25, 0.3) is 0 Å². The summed E-state index contributed by atoms with van der Waals surface area (Å²) in [5.74, 6) is 0. The lowest BCUT2D eigenvalue weighted by atomic mass is 10.2. The quantitative estimate of drug-likeness (QED) is 0.570. The average molecular weight is 210 g/mol. The van der Waals surface area contributed by atoms with Crippen LogP contribution in [0.4, 0.5) is 0 Å². The molecule has 0 bridgehead atoms. The van der Waals surface area contributed by atoms with E-state index in [9.17, 15) is 0 Å². The molecule has 0 aliphatic carbocycles. The normalized spacial score (nSPS) is 9.25. The van der Waals surface area contributed by atoms with Crippen LogP contribution in [0, 0.1) is 0 Å². The van der Waals surface area contributed by atoms with Gasteiger partial charge >= 0.3 is 0 Å². The predicted molar refractivity (Wildman–Crippen MR) is 61.6 cm³/mol. The molecule has 0 amide bonds. The van der Waals surface area contributed by atoms with Gasteiger partial charge in [0.05, 0.1) is 17.9 Å². The van der Waals surface area contributed by atoms with Crippen LogP contribution in [-0.4, -0.2) is 20.4 Å². The Morgan fingerprint density at radius 3 is 2.06 bits per heavy atom. The highest BCUT2D eigenvalue weighted by molar-refractivity contribution is 5.77. The summed E-state index contributed by atoms with van der Waals surface area (Å²) in [4.78, 5) is 4.18. The highest BCUT2D eigenvalue weighted by atomic mass is 15.3. The smallest absolute Gasteiger partial charge is 0.0701 e. The van der Waals surface area contributed by atoms with E-state index < -0.39 is 0 Å². The average Bonchev–Trinajstić information content (AvgIpc) is 2.42. The highest BCUT2D eigenvalue weighted by Gasteiger charge is 1.86. The lowest BCUT2D eigenvalue weighted by molar-refractivity contribution is 0.865. The molecule has 16 heavy (non-hydrogen) atoms. The molecule has 0 fully saturated rings. The van der Waals surface area contributed by atoms with Gasteiger partial charge in [-0.05, 0) is 23.4 Å². The zero-order chi connectivity index (χ0) is 11.1. The topological polar surface area (TPSA) is 51.6 Å². The maximum Gasteiger partial charge on any atom is 0.0701 e. The van der Waals surface area contributed by atoms with E-state index in [-0.39, 0.29) is 0 Å². The number of para-hydroxylation sites is 1. The van der Waals surface area contributed by atoms with Gasteiger partial charge in [0.15, 0.2) is 0 Å². The summed E-state index contributed by atoms with van der Waals surface area (Å²) in [5, 5.41) is 11.3. The van der Waals surface area contributed by atoms with Crippen molar-refractivity contribution in [1.29, 1.82) is 0 Å². The zero-order valence-electron chi connectivity index (χ0n) is 8.56. The number of nitrogens with zero attached hydrogens (tertiary/aromatic N) is 4. The molecule has 0 aliphatic heterocycles. The molecule has 0 saturated heterocycles. The number of aromatic nitrogens is 4. The van der Waals surface area contributed by atoms with Crippen molar-refractivity contribution in [3.8, 4) is 0 Å². The van der Waals surface area contributed by atoms with Crippen LogP contribution >= 0.6 is 0 Å². The molecule has 4 nitrogen and oxygen atoms in total. The number of fused-ring (bicyclic) bond motifs is 1. The Labute approximate surface area is 93.0 Å². The van der Waals surface area contributed by atoms with Crippen LogP contribution in [0.1, 0.15) is 0 Å². The minimum absolute atomic E-state index is 1.06. The van der Waals surface area contributed by atoms with Gasteiger partial charge in [-0.2, -0.15) is 0 Å². The van der Waals surface area contributed by atoms with Crippen LogP contribution in [0.3, 0.4) is 0 Å². The van der Waals surface area contributed by atoms with E-state index >= 15 is 0 Å². The van der Waals surface area contributed by atoms with E-state index in [1.807, 2.05) is 30.5 Å². The molecule has 78 valence electrons. The minimum Gasteiger partial charge on any atom is -0.256 e. The van der Waals surface area contributed by atoms with Crippen molar-refractivity contribution in [2.24, 2.45) is 0 Å². The maximum absolute atomic E-state index is 4.18. The second kappa shape index (κ2) is 5.50. The predicted octanol–water partition coefficient (Wildman–Crippen LogP) is 2.11. The molecular weight excluding hydrogens is 200 g/mol. The lowest BCUT2D eigenvalue weighted by Crippen LogP contribution is -1.78. The fourth-order valence-corrected chi connectivity index (χ4v) is 1.22. The summed E-state index contributed by atoms with van der Waals surface area (Å²) < 4.78 is 0. The first kappa shape index (κ1) is 10.2. The molecule has 2 aromatic heterocycles. The SMILES string of the molecule is c1ccc2ncccc2c1.c1cnnnc1. The van der Waals surface area contributed by atoms with Crippen molar-refractivity contribution in [1.82, 2.24) is 20.4 Å². The van der Waals surface area contributed by atoms with Gasteiger partial charge in [-0.1, -0.05) is 24.3 Å². The summed E-state index contributed by atoms with van der Waals surface area (Å²) in [6, 6.07) is 13.8. The molecule has 1 aromatic carbocycles. The van der Waals surface area contributed by atoms with Gasteiger partial charge in [-0.15, -0.1) is 10.2 Å². The second-order valence-electron chi connectivity index (χ2n) is 3.01. The molecule has 0 N–H and O–H groups in total. The van der Waals surface area contributed by atoms with Gasteiger partial charge in [0.2, 0.25) is 0 Å². The third kappa shape index (κ3) is 2.81. The molecule has 0 unspecified atom stereocenters. The van der Waals surface area contributed by atoms with Crippen LogP contribution in [0.15, 0.2) is 61.1 Å². The molecule has 0 aliphatic rings. The summed E-state index contributed by atoms with van der Waals surface area (Å²) >= 11 is 0. The van der Waals surface area contributed by atoms with Crippen molar-refractivity contribution >= 4 is 10.9 Å². The molecule has 0 atom stereocenters. The summed E-state index contributed by atoms with van der Waals surface area (Å²) in [6.45, 7) is 0. The van der Waals surface area contributed by atoms with E-state index in [0.29, 0.717) is 0 Å². The molecule has 3 aromatic rings. The number of hydrogen-bond acceptors (Lipinski definition) is 4. The van der Waals surface area contributed by atoms with Gasteiger partial charge in [0.1, 0.15) is 0 Å². The maximum atomic E-state index is 4.18. The third-order valence-electron chi connectivity index (χ3n) is 1.92. The van der Waals surface area contributed by atoms with Gasteiger partial charge in [-0.25, -0.2) is 0 Å². The molecular formula is C12H10N4. The van der Waals surface area contributed by atoms with E-state index in [4.69, 9.17) is 0 Å². The van der Waals surface area contributed by atoms with Crippen molar-refractivity contribution in [2.45, 2.75) is 0 Å². The molecule has 0 spiro atoms. The van der Waals surface area contributed by atoms with Crippen LogP contribution in [0.2, 0.25) is 0 Å². The fourth-order valence-electron chi connectivity index (χ4n) is 1.22. The fraction of sp³-hybridized carbons (Fsp3) is 0. The summed E-state index contributed by atoms with van der Waals surface area (Å²) in [6.07, 6.45) is 4.96. The first-order valence-electron chi connectivity index (χ1n) is 4.85. The standard InChI is InChI=1S/C9H7N.C3H3N3/c1-2-6-9-8(4-1)5-3-7-10-9;1-2-4-6-5-3-1/h1-7H;1-3H. The van der Waals surface area contributed by atoms with E-state index in [1.165, 1.54) is 5.39 Å². The molecule has 4 heteroatoms. The van der Waals surface area contributed by atoms with Crippen LogP contribution in [-0.2, 0) is 0 Å². The molecule has 2 heterocycles. The summed E-state index contributed by atoms with van der Waals surface area (Å²) in [5.41, 5.74) is 1.06. The molecule has 3 rings (SSSR count). The monoisotopic (exact) mass is 210 g/mol. The van der Waals surface area contributed by atoms with E-state index in [2.05, 4.69) is 32.5 Å².